The van der Waals surface area contributed by atoms with Gasteiger partial charge in [-0.25, -0.2) is 13.2 Å². The van der Waals surface area contributed by atoms with Gasteiger partial charge in [0.25, 0.3) is 0 Å². The van der Waals surface area contributed by atoms with E-state index in [0.29, 0.717) is 17.5 Å². The fourth-order valence-corrected chi connectivity index (χ4v) is 4.45. The molecule has 1 aliphatic rings. The van der Waals surface area contributed by atoms with Gasteiger partial charge in [-0.1, -0.05) is 12.2 Å². The van der Waals surface area contributed by atoms with Gasteiger partial charge in [0.05, 0.1) is 15.7 Å². The van der Waals surface area contributed by atoms with Gasteiger partial charge in [-0.05, 0) is 56.4 Å². The molecular weight excluding hydrogens is 276 g/mol. The topological polar surface area (TPSA) is 71.4 Å². The monoisotopic (exact) mass is 294 g/mol. The number of rotatable bonds is 3. The molecule has 0 bridgehead atoms. The highest BCUT2D eigenvalue weighted by Gasteiger charge is 2.29. The zero-order chi connectivity index (χ0) is 14.9. The second-order valence-electron chi connectivity index (χ2n) is 5.16. The quantitative estimate of drug-likeness (QED) is 0.870. The van der Waals surface area contributed by atoms with Crippen LogP contribution in [-0.4, -0.2) is 24.7 Å². The van der Waals surface area contributed by atoms with E-state index < -0.39 is 21.1 Å². The maximum absolute atomic E-state index is 12.7. The highest BCUT2D eigenvalue weighted by Crippen LogP contribution is 2.29. The predicted molar refractivity (Wildman–Crippen MR) is 76.8 cm³/mol. The Hall–Kier alpha value is -1.62. The number of hydrogen-bond donors (Lipinski definition) is 1. The molecule has 4 nitrogen and oxygen atoms in total. The molecule has 1 unspecified atom stereocenters. The van der Waals surface area contributed by atoms with Crippen molar-refractivity contribution in [1.29, 1.82) is 0 Å². The van der Waals surface area contributed by atoms with Crippen molar-refractivity contribution < 1.29 is 18.3 Å². The Bertz CT molecular complexity index is 671. The molecule has 0 spiro atoms. The maximum Gasteiger partial charge on any atom is 0.335 e. The molecule has 1 aromatic carbocycles. The third-order valence-electron chi connectivity index (χ3n) is 3.78. The second-order valence-corrected chi connectivity index (χ2v) is 7.30. The molecule has 1 atom stereocenters. The van der Waals surface area contributed by atoms with E-state index in [-0.39, 0.29) is 10.5 Å². The molecule has 1 aliphatic carbocycles. The number of aryl methyl sites for hydroxylation is 1. The normalized spacial score (nSPS) is 19.0. The number of hydrogen-bond acceptors (Lipinski definition) is 3. The number of aromatic carboxylic acids is 1. The number of carboxylic acid groups (broad SMARTS) is 1. The van der Waals surface area contributed by atoms with Crippen LogP contribution in [0.25, 0.3) is 0 Å². The number of benzene rings is 1. The number of carbonyl (C=O) groups is 1. The zero-order valence-electron chi connectivity index (χ0n) is 11.6. The lowest BCUT2D eigenvalue weighted by molar-refractivity contribution is 0.0696. The molecule has 0 amide bonds. The third-order valence-corrected chi connectivity index (χ3v) is 6.01. The van der Waals surface area contributed by atoms with Gasteiger partial charge in [-0.2, -0.15) is 0 Å². The van der Waals surface area contributed by atoms with Crippen LogP contribution in [0.4, 0.5) is 0 Å². The lowest BCUT2D eigenvalue weighted by Gasteiger charge is -2.19. The first-order valence-corrected chi connectivity index (χ1v) is 8.14. The van der Waals surface area contributed by atoms with Gasteiger partial charge in [-0.15, -0.1) is 0 Å². The highest BCUT2D eigenvalue weighted by atomic mass is 32.2. The SMILES string of the molecule is Cc1cc(C(=O)O)cc(S(=O)(=O)C2C=CCCC2)c1C. The van der Waals surface area contributed by atoms with Crippen molar-refractivity contribution in [3.63, 3.8) is 0 Å². The summed E-state index contributed by atoms with van der Waals surface area (Å²) in [5.41, 5.74) is 1.34. The molecule has 0 fully saturated rings. The first-order chi connectivity index (χ1) is 9.34. The largest absolute Gasteiger partial charge is 0.478 e. The summed E-state index contributed by atoms with van der Waals surface area (Å²) >= 11 is 0. The van der Waals surface area contributed by atoms with Crippen molar-refractivity contribution in [3.8, 4) is 0 Å². The standard InChI is InChI=1S/C15H18O4S/c1-10-8-12(15(16)17)9-14(11(10)2)20(18,19)13-6-4-3-5-7-13/h4,6,8-9,13H,3,5,7H2,1-2H3,(H,16,17). The molecule has 0 aromatic heterocycles. The van der Waals surface area contributed by atoms with Gasteiger partial charge < -0.3 is 5.11 Å². The van der Waals surface area contributed by atoms with Crippen LogP contribution < -0.4 is 0 Å². The minimum Gasteiger partial charge on any atom is -0.478 e. The van der Waals surface area contributed by atoms with Crippen LogP contribution >= 0.6 is 0 Å². The summed E-state index contributed by atoms with van der Waals surface area (Å²) in [5.74, 6) is -1.11. The lowest BCUT2D eigenvalue weighted by Crippen LogP contribution is -2.22. The molecule has 0 aliphatic heterocycles. The number of sulfone groups is 1. The average molecular weight is 294 g/mol. The summed E-state index contributed by atoms with van der Waals surface area (Å²) in [7, 11) is -3.52. The fraction of sp³-hybridized carbons (Fsp3) is 0.400. The van der Waals surface area contributed by atoms with E-state index in [0.717, 1.165) is 12.8 Å². The number of carboxylic acids is 1. The van der Waals surface area contributed by atoms with Crippen LogP contribution in [0, 0.1) is 13.8 Å². The Labute approximate surface area is 119 Å². The molecule has 5 heteroatoms. The summed E-state index contributed by atoms with van der Waals surface area (Å²) in [6.07, 6.45) is 5.95. The first-order valence-electron chi connectivity index (χ1n) is 6.59. The molecule has 0 saturated heterocycles. The summed E-state index contributed by atoms with van der Waals surface area (Å²) in [5, 5.41) is 8.55. The van der Waals surface area contributed by atoms with Gasteiger partial charge in [0.2, 0.25) is 0 Å². The minimum atomic E-state index is -3.52. The van der Waals surface area contributed by atoms with Crippen molar-refractivity contribution in [1.82, 2.24) is 0 Å². The Morgan fingerprint density at radius 1 is 1.30 bits per heavy atom. The fourth-order valence-electron chi connectivity index (χ4n) is 2.45. The van der Waals surface area contributed by atoms with E-state index in [1.165, 1.54) is 12.1 Å². The molecule has 0 radical (unpaired) electrons. The van der Waals surface area contributed by atoms with E-state index in [1.54, 1.807) is 19.9 Å². The van der Waals surface area contributed by atoms with Crippen molar-refractivity contribution in [2.45, 2.75) is 43.3 Å². The average Bonchev–Trinajstić information content (AvgIpc) is 2.42. The molecular formula is C15H18O4S. The second kappa shape index (κ2) is 5.40. The molecule has 2 rings (SSSR count). The summed E-state index contributed by atoms with van der Waals surface area (Å²) in [4.78, 5) is 11.3. The summed E-state index contributed by atoms with van der Waals surface area (Å²) < 4.78 is 25.4. The van der Waals surface area contributed by atoms with E-state index in [9.17, 15) is 13.2 Å². The van der Waals surface area contributed by atoms with Crippen LogP contribution in [0.2, 0.25) is 0 Å². The molecule has 0 saturated carbocycles. The Morgan fingerprint density at radius 2 is 2.00 bits per heavy atom. The van der Waals surface area contributed by atoms with Crippen LogP contribution in [0.3, 0.4) is 0 Å². The smallest absolute Gasteiger partial charge is 0.335 e. The highest BCUT2D eigenvalue weighted by molar-refractivity contribution is 7.92. The lowest BCUT2D eigenvalue weighted by atomic mass is 10.1. The van der Waals surface area contributed by atoms with Gasteiger partial charge in [0, 0.05) is 0 Å². The Morgan fingerprint density at radius 3 is 2.55 bits per heavy atom. The zero-order valence-corrected chi connectivity index (χ0v) is 12.4. The first kappa shape index (κ1) is 14.8. The molecule has 20 heavy (non-hydrogen) atoms. The van der Waals surface area contributed by atoms with Gasteiger partial charge >= 0.3 is 5.97 Å². The summed E-state index contributed by atoms with van der Waals surface area (Å²) in [6, 6.07) is 2.79. The van der Waals surface area contributed by atoms with Crippen molar-refractivity contribution in [3.05, 3.63) is 41.0 Å². The molecule has 1 aromatic rings. The predicted octanol–water partition coefficient (Wildman–Crippen LogP) is 2.88. The van der Waals surface area contributed by atoms with Crippen LogP contribution in [-0.2, 0) is 9.84 Å². The Kier molecular flexibility index (Phi) is 3.99. The van der Waals surface area contributed by atoms with Gasteiger partial charge in [0.15, 0.2) is 9.84 Å². The van der Waals surface area contributed by atoms with Crippen LogP contribution in [0.1, 0.15) is 40.7 Å². The molecule has 1 N–H and O–H groups in total. The van der Waals surface area contributed by atoms with Crippen molar-refractivity contribution in [2.24, 2.45) is 0 Å². The van der Waals surface area contributed by atoms with Crippen molar-refractivity contribution >= 4 is 15.8 Å². The van der Waals surface area contributed by atoms with Crippen LogP contribution in [0.15, 0.2) is 29.2 Å². The van der Waals surface area contributed by atoms with E-state index in [1.807, 2.05) is 6.08 Å². The van der Waals surface area contributed by atoms with E-state index in [2.05, 4.69) is 0 Å². The molecule has 0 heterocycles. The van der Waals surface area contributed by atoms with E-state index in [4.69, 9.17) is 5.11 Å². The summed E-state index contributed by atoms with van der Waals surface area (Å²) in [6.45, 7) is 3.46. The minimum absolute atomic E-state index is 0.0199. The Balaban J connectivity index is 2.58. The third kappa shape index (κ3) is 2.63. The van der Waals surface area contributed by atoms with Crippen molar-refractivity contribution in [2.75, 3.05) is 0 Å². The number of allylic oxidation sites excluding steroid dienone is 1. The van der Waals surface area contributed by atoms with Gasteiger partial charge in [-0.3, -0.25) is 0 Å². The van der Waals surface area contributed by atoms with Gasteiger partial charge in [0.1, 0.15) is 0 Å². The van der Waals surface area contributed by atoms with Crippen LogP contribution in [0.5, 0.6) is 0 Å². The maximum atomic E-state index is 12.7. The molecule has 108 valence electrons. The van der Waals surface area contributed by atoms with E-state index >= 15 is 0 Å².